The standard InChI is InChI=1S/C14H22N2O4S/c1-11(15-2)12-4-3-5-14(8-12)21(17,18)16-9-13-10-19-6-7-20-13/h3-5,8,11,13,15-16H,6-7,9-10H2,1-2H3. The van der Waals surface area contributed by atoms with E-state index in [2.05, 4.69) is 10.0 Å². The van der Waals surface area contributed by atoms with Gasteiger partial charge in [-0.2, -0.15) is 0 Å². The average Bonchev–Trinajstić information content (AvgIpc) is 2.53. The van der Waals surface area contributed by atoms with E-state index in [9.17, 15) is 8.42 Å². The normalized spacial score (nSPS) is 21.1. The molecule has 0 amide bonds. The van der Waals surface area contributed by atoms with E-state index >= 15 is 0 Å². The molecule has 0 aromatic heterocycles. The Kier molecular flexibility index (Phi) is 5.72. The lowest BCUT2D eigenvalue weighted by Crippen LogP contribution is -2.39. The molecule has 0 saturated carbocycles. The fourth-order valence-corrected chi connectivity index (χ4v) is 3.18. The minimum absolute atomic E-state index is 0.0928. The van der Waals surface area contributed by atoms with Crippen LogP contribution in [0.1, 0.15) is 18.5 Å². The summed E-state index contributed by atoms with van der Waals surface area (Å²) in [6, 6.07) is 7.01. The van der Waals surface area contributed by atoms with Crippen molar-refractivity contribution in [2.45, 2.75) is 24.0 Å². The summed E-state index contributed by atoms with van der Waals surface area (Å²) in [7, 11) is -1.70. The highest BCUT2D eigenvalue weighted by Crippen LogP contribution is 2.17. The van der Waals surface area contributed by atoms with Gasteiger partial charge in [-0.25, -0.2) is 13.1 Å². The first kappa shape index (κ1) is 16.4. The molecule has 2 atom stereocenters. The Bertz CT molecular complexity index is 556. The summed E-state index contributed by atoms with van der Waals surface area (Å²) in [6.07, 6.45) is -0.229. The molecule has 1 fully saturated rings. The van der Waals surface area contributed by atoms with Crippen LogP contribution < -0.4 is 10.0 Å². The third kappa shape index (κ3) is 4.49. The summed E-state index contributed by atoms with van der Waals surface area (Å²) >= 11 is 0. The van der Waals surface area contributed by atoms with Crippen LogP contribution in [0.15, 0.2) is 29.2 Å². The lowest BCUT2D eigenvalue weighted by Gasteiger charge is -2.23. The Balaban J connectivity index is 2.04. The largest absolute Gasteiger partial charge is 0.376 e. The van der Waals surface area contributed by atoms with Gasteiger partial charge in [0.25, 0.3) is 0 Å². The van der Waals surface area contributed by atoms with Gasteiger partial charge in [0.2, 0.25) is 10.0 Å². The summed E-state index contributed by atoms with van der Waals surface area (Å²) < 4.78 is 37.9. The number of nitrogens with one attached hydrogen (secondary N) is 2. The molecule has 0 aliphatic carbocycles. The van der Waals surface area contributed by atoms with E-state index in [1.165, 1.54) is 0 Å². The first-order valence-electron chi connectivity index (χ1n) is 6.99. The van der Waals surface area contributed by atoms with Gasteiger partial charge >= 0.3 is 0 Å². The Hall–Kier alpha value is -0.990. The molecule has 0 radical (unpaired) electrons. The fraction of sp³-hybridized carbons (Fsp3) is 0.571. The predicted octanol–water partition coefficient (Wildman–Crippen LogP) is 0.661. The molecule has 21 heavy (non-hydrogen) atoms. The van der Waals surface area contributed by atoms with Gasteiger partial charge in [-0.1, -0.05) is 12.1 Å². The molecule has 2 N–H and O–H groups in total. The van der Waals surface area contributed by atoms with Crippen molar-refractivity contribution in [3.8, 4) is 0 Å². The second-order valence-corrected chi connectivity index (χ2v) is 6.77. The molecule has 0 bridgehead atoms. The molecule has 2 unspecified atom stereocenters. The summed E-state index contributed by atoms with van der Waals surface area (Å²) in [5.74, 6) is 0. The van der Waals surface area contributed by atoms with Crippen LogP contribution in [0.5, 0.6) is 0 Å². The Morgan fingerprint density at radius 1 is 1.38 bits per heavy atom. The summed E-state index contributed by atoms with van der Waals surface area (Å²) in [4.78, 5) is 0.263. The fourth-order valence-electron chi connectivity index (χ4n) is 2.06. The van der Waals surface area contributed by atoms with Crippen molar-refractivity contribution in [1.29, 1.82) is 0 Å². The van der Waals surface area contributed by atoms with Crippen LogP contribution in [0.2, 0.25) is 0 Å². The first-order valence-corrected chi connectivity index (χ1v) is 8.47. The van der Waals surface area contributed by atoms with Crippen molar-refractivity contribution in [3.05, 3.63) is 29.8 Å². The van der Waals surface area contributed by atoms with Crippen LogP contribution in [-0.2, 0) is 19.5 Å². The molecule has 6 nitrogen and oxygen atoms in total. The van der Waals surface area contributed by atoms with Crippen LogP contribution in [0.25, 0.3) is 0 Å². The molecule has 118 valence electrons. The van der Waals surface area contributed by atoms with Gasteiger partial charge in [-0.05, 0) is 31.7 Å². The maximum atomic E-state index is 12.3. The highest BCUT2D eigenvalue weighted by Gasteiger charge is 2.20. The number of hydrogen-bond acceptors (Lipinski definition) is 5. The molecule has 1 saturated heterocycles. The van der Waals surface area contributed by atoms with Gasteiger partial charge in [0, 0.05) is 12.6 Å². The summed E-state index contributed by atoms with van der Waals surface area (Å²) in [6.45, 7) is 3.68. The lowest BCUT2D eigenvalue weighted by molar-refractivity contribution is -0.0846. The molecular formula is C14H22N2O4S. The van der Waals surface area contributed by atoms with Crippen molar-refractivity contribution >= 4 is 10.0 Å². The SMILES string of the molecule is CNC(C)c1cccc(S(=O)(=O)NCC2COCCO2)c1. The van der Waals surface area contributed by atoms with Crippen LogP contribution in [-0.4, -0.2) is 47.9 Å². The Labute approximate surface area is 125 Å². The maximum Gasteiger partial charge on any atom is 0.240 e. The van der Waals surface area contributed by atoms with Gasteiger partial charge in [-0.15, -0.1) is 0 Å². The zero-order chi connectivity index (χ0) is 15.3. The van der Waals surface area contributed by atoms with E-state index in [4.69, 9.17) is 9.47 Å². The number of hydrogen-bond donors (Lipinski definition) is 2. The summed E-state index contributed by atoms with van der Waals surface area (Å²) in [5, 5.41) is 3.09. The third-order valence-corrected chi connectivity index (χ3v) is 4.91. The second-order valence-electron chi connectivity index (χ2n) is 5.00. The minimum atomic E-state index is -3.54. The number of benzene rings is 1. The van der Waals surface area contributed by atoms with E-state index in [0.717, 1.165) is 5.56 Å². The Morgan fingerprint density at radius 2 is 2.19 bits per heavy atom. The second kappa shape index (κ2) is 7.33. The van der Waals surface area contributed by atoms with Gasteiger partial charge in [-0.3, -0.25) is 0 Å². The molecule has 1 aliphatic rings. The van der Waals surface area contributed by atoms with Gasteiger partial charge in [0.15, 0.2) is 0 Å². The zero-order valence-electron chi connectivity index (χ0n) is 12.3. The number of rotatable bonds is 6. The van der Waals surface area contributed by atoms with Gasteiger partial charge in [0.1, 0.15) is 0 Å². The van der Waals surface area contributed by atoms with E-state index < -0.39 is 10.0 Å². The monoisotopic (exact) mass is 314 g/mol. The first-order chi connectivity index (χ1) is 10.0. The Morgan fingerprint density at radius 3 is 2.86 bits per heavy atom. The van der Waals surface area contributed by atoms with Crippen LogP contribution in [0, 0.1) is 0 Å². The van der Waals surface area contributed by atoms with E-state index in [1.807, 2.05) is 20.0 Å². The van der Waals surface area contributed by atoms with Crippen LogP contribution in [0.3, 0.4) is 0 Å². The van der Waals surface area contributed by atoms with Gasteiger partial charge < -0.3 is 14.8 Å². The van der Waals surface area contributed by atoms with Gasteiger partial charge in [0.05, 0.1) is 30.8 Å². The minimum Gasteiger partial charge on any atom is -0.376 e. The van der Waals surface area contributed by atoms with E-state index in [-0.39, 0.29) is 23.6 Å². The smallest absolute Gasteiger partial charge is 0.240 e. The molecule has 0 spiro atoms. The van der Waals surface area contributed by atoms with Crippen molar-refractivity contribution < 1.29 is 17.9 Å². The highest BCUT2D eigenvalue weighted by atomic mass is 32.2. The molecule has 7 heteroatoms. The average molecular weight is 314 g/mol. The van der Waals surface area contributed by atoms with Crippen molar-refractivity contribution in [3.63, 3.8) is 0 Å². The van der Waals surface area contributed by atoms with Crippen molar-refractivity contribution in [1.82, 2.24) is 10.0 Å². The molecular weight excluding hydrogens is 292 g/mol. The molecule has 1 aromatic carbocycles. The highest BCUT2D eigenvalue weighted by molar-refractivity contribution is 7.89. The number of ether oxygens (including phenoxy) is 2. The molecule has 1 aliphatic heterocycles. The molecule has 1 aromatic rings. The predicted molar refractivity (Wildman–Crippen MR) is 79.7 cm³/mol. The van der Waals surface area contributed by atoms with E-state index in [1.54, 1.807) is 18.2 Å². The topological polar surface area (TPSA) is 76.7 Å². The lowest BCUT2D eigenvalue weighted by atomic mass is 10.1. The molecule has 1 heterocycles. The van der Waals surface area contributed by atoms with Crippen LogP contribution >= 0.6 is 0 Å². The van der Waals surface area contributed by atoms with Crippen molar-refractivity contribution in [2.24, 2.45) is 0 Å². The number of sulfonamides is 1. The third-order valence-electron chi connectivity index (χ3n) is 3.49. The zero-order valence-corrected chi connectivity index (χ0v) is 13.2. The maximum absolute atomic E-state index is 12.3. The van der Waals surface area contributed by atoms with E-state index in [0.29, 0.717) is 19.8 Å². The van der Waals surface area contributed by atoms with Crippen molar-refractivity contribution in [2.75, 3.05) is 33.4 Å². The quantitative estimate of drug-likeness (QED) is 0.807. The molecule has 2 rings (SSSR count). The van der Waals surface area contributed by atoms with Crippen LogP contribution in [0.4, 0.5) is 0 Å². The summed E-state index contributed by atoms with van der Waals surface area (Å²) in [5.41, 5.74) is 0.928.